The fraction of sp³-hybridized carbons (Fsp3) is 0.714. The molecule has 0 radical (unpaired) electrons. The van der Waals surface area contributed by atoms with Crippen molar-refractivity contribution in [3.05, 3.63) is 11.1 Å². The molecule has 0 bridgehead atoms. The summed E-state index contributed by atoms with van der Waals surface area (Å²) < 4.78 is 26.3. The first-order valence-corrected chi connectivity index (χ1v) is 7.81. The van der Waals surface area contributed by atoms with Crippen molar-refractivity contribution in [3.63, 3.8) is 0 Å². The van der Waals surface area contributed by atoms with Crippen molar-refractivity contribution >= 4 is 116 Å². The van der Waals surface area contributed by atoms with Gasteiger partial charge in [-0.1, -0.05) is 116 Å². The highest BCUT2D eigenvalue weighted by molar-refractivity contribution is 6.80. The van der Waals surface area contributed by atoms with Crippen LogP contribution in [0.1, 0.15) is 0 Å². The van der Waals surface area contributed by atoms with E-state index in [1.54, 1.807) is 0 Å². The van der Waals surface area contributed by atoms with Gasteiger partial charge < -0.3 is 0 Å². The van der Waals surface area contributed by atoms with E-state index in [1.165, 1.54) is 0 Å². The molecule has 20 heavy (non-hydrogen) atoms. The Morgan fingerprint density at radius 1 is 0.700 bits per heavy atom. The number of hydrogen-bond acceptors (Lipinski definition) is 0. The molecule has 0 nitrogen and oxygen atoms in total. The maximum Gasteiger partial charge on any atom is 0.426 e. The molecule has 0 N–H and O–H groups in total. The molecule has 0 aromatic heterocycles. The summed E-state index contributed by atoms with van der Waals surface area (Å²) in [5, 5.41) is -1.72. The van der Waals surface area contributed by atoms with Crippen molar-refractivity contribution in [2.45, 2.75) is 23.0 Å². The zero-order chi connectivity index (χ0) is 16.8. The summed E-state index contributed by atoms with van der Waals surface area (Å²) >= 11 is 55.3. The molecule has 0 heterocycles. The highest BCUT2D eigenvalue weighted by Crippen LogP contribution is 2.63. The number of rotatable bonds is 3. The Labute approximate surface area is 162 Å². The molecule has 0 atom stereocenters. The first-order valence-electron chi connectivity index (χ1n) is 4.03. The van der Waals surface area contributed by atoms with Crippen LogP contribution in [0.4, 0.5) is 13.2 Å². The molecule has 0 aliphatic heterocycles. The molecule has 0 aromatic rings. The van der Waals surface area contributed by atoms with Crippen LogP contribution < -0.4 is 0 Å². The summed E-state index contributed by atoms with van der Waals surface area (Å²) in [6.45, 7) is 0. The molecule has 0 saturated heterocycles. The molecule has 0 aromatic carbocycles. The van der Waals surface area contributed by atoms with Crippen molar-refractivity contribution in [1.82, 2.24) is 0 Å². The molecule has 0 aliphatic carbocycles. The Morgan fingerprint density at radius 2 is 1.05 bits per heavy atom. The lowest BCUT2D eigenvalue weighted by atomic mass is 10.2. The predicted molar refractivity (Wildman–Crippen MR) is 83.6 cm³/mol. The third-order valence-corrected chi connectivity index (χ3v) is 7.36. The van der Waals surface area contributed by atoms with E-state index in [0.29, 0.717) is 0 Å². The van der Waals surface area contributed by atoms with Crippen LogP contribution in [0.3, 0.4) is 0 Å². The van der Waals surface area contributed by atoms with Gasteiger partial charge in [-0.25, -0.2) is 0 Å². The first-order chi connectivity index (χ1) is 8.38. The van der Waals surface area contributed by atoms with Crippen molar-refractivity contribution < 1.29 is 13.2 Å². The third kappa shape index (κ3) is 4.72. The van der Waals surface area contributed by atoms with Gasteiger partial charge in [-0.3, -0.25) is 0 Å². The van der Waals surface area contributed by atoms with Gasteiger partial charge >= 0.3 is 6.18 Å². The highest BCUT2D eigenvalue weighted by Gasteiger charge is 2.67. The van der Waals surface area contributed by atoms with Crippen LogP contribution in [0.5, 0.6) is 0 Å². The lowest BCUT2D eigenvalue weighted by molar-refractivity contribution is -0.0848. The van der Waals surface area contributed by atoms with Gasteiger partial charge in [0.15, 0.2) is 8.67 Å². The van der Waals surface area contributed by atoms with Gasteiger partial charge in [0.25, 0.3) is 0 Å². The van der Waals surface area contributed by atoms with Gasteiger partial charge in [-0.2, -0.15) is 13.2 Å². The standard InChI is InChI=1S/C7HCl10F3/c8-2(4(18,19)20)1-3(9,10)5(11,12)6(13,14)7(15,16)17/h1H. The lowest BCUT2D eigenvalue weighted by Crippen LogP contribution is -2.55. The van der Waals surface area contributed by atoms with Gasteiger partial charge in [-0.15, -0.1) is 0 Å². The number of alkyl halides is 12. The van der Waals surface area contributed by atoms with Crippen LogP contribution in [0.25, 0.3) is 0 Å². The maximum absolute atomic E-state index is 12.4. The fourth-order valence-electron chi connectivity index (χ4n) is 0.719. The highest BCUT2D eigenvalue weighted by atomic mass is 35.6. The largest absolute Gasteiger partial charge is 0.426 e. The molecule has 0 spiro atoms. The van der Waals surface area contributed by atoms with E-state index in [9.17, 15) is 13.2 Å². The Balaban J connectivity index is 5.84. The molecule has 0 saturated carbocycles. The molecule has 0 unspecified atom stereocenters. The van der Waals surface area contributed by atoms with Crippen molar-refractivity contribution in [2.75, 3.05) is 0 Å². The average molecular weight is 497 g/mol. The van der Waals surface area contributed by atoms with Gasteiger partial charge in [0.05, 0.1) is 0 Å². The number of hydrogen-bond donors (Lipinski definition) is 0. The van der Waals surface area contributed by atoms with Crippen molar-refractivity contribution in [1.29, 1.82) is 0 Å². The number of allylic oxidation sites excluding steroid dienone is 2. The fourth-order valence-corrected chi connectivity index (χ4v) is 3.10. The minimum atomic E-state index is -4.96. The second-order valence-corrected chi connectivity index (χ2v) is 9.99. The number of halogens is 13. The third-order valence-electron chi connectivity index (χ3n) is 1.75. The Hall–Kier alpha value is 2.43. The summed E-state index contributed by atoms with van der Waals surface area (Å²) in [5.41, 5.74) is 0. The summed E-state index contributed by atoms with van der Waals surface area (Å²) in [4.78, 5) is 0. The Morgan fingerprint density at radius 3 is 1.30 bits per heavy atom. The van der Waals surface area contributed by atoms with Crippen molar-refractivity contribution in [2.24, 2.45) is 0 Å². The topological polar surface area (TPSA) is 0 Å². The molecular weight excluding hydrogens is 496 g/mol. The Bertz CT molecular complexity index is 391. The molecule has 0 fully saturated rings. The molecular formula is C7HCl10F3. The SMILES string of the molecule is FC(F)(F)C(Cl)=CC(Cl)(Cl)C(Cl)(Cl)C(Cl)(Cl)C(Cl)(Cl)Cl. The monoisotopic (exact) mass is 492 g/mol. The second-order valence-electron chi connectivity index (χ2n) is 3.26. The van der Waals surface area contributed by atoms with Gasteiger partial charge in [0.2, 0.25) is 8.13 Å². The van der Waals surface area contributed by atoms with Gasteiger partial charge in [-0.05, 0) is 6.08 Å². The second kappa shape index (κ2) is 6.74. The van der Waals surface area contributed by atoms with Crippen molar-refractivity contribution in [3.8, 4) is 0 Å². The van der Waals surface area contributed by atoms with E-state index in [1.807, 2.05) is 0 Å². The summed E-state index contributed by atoms with van der Waals surface area (Å²) in [7, 11) is 0. The normalized spacial score (nSPS) is 16.6. The quantitative estimate of drug-likeness (QED) is 0.354. The van der Waals surface area contributed by atoms with E-state index in [2.05, 4.69) is 0 Å². The van der Waals surface area contributed by atoms with E-state index < -0.39 is 28.0 Å². The van der Waals surface area contributed by atoms with E-state index in [4.69, 9.17) is 116 Å². The van der Waals surface area contributed by atoms with Crippen LogP contribution >= 0.6 is 116 Å². The zero-order valence-electron chi connectivity index (χ0n) is 8.49. The minimum absolute atomic E-state index is 0.0770. The molecule has 0 amide bonds. The van der Waals surface area contributed by atoms with E-state index >= 15 is 0 Å². The maximum atomic E-state index is 12.4. The predicted octanol–water partition coefficient (Wildman–Crippen LogP) is 7.56. The van der Waals surface area contributed by atoms with Crippen LogP contribution in [-0.4, -0.2) is 23.0 Å². The molecule has 0 aliphatic rings. The van der Waals surface area contributed by atoms with Crippen LogP contribution in [-0.2, 0) is 0 Å². The van der Waals surface area contributed by atoms with E-state index in [0.717, 1.165) is 0 Å². The Kier molecular flexibility index (Phi) is 7.56. The summed E-state index contributed by atoms with van der Waals surface area (Å²) in [5.74, 6) is 0. The van der Waals surface area contributed by atoms with Crippen LogP contribution in [0.15, 0.2) is 11.1 Å². The molecule has 13 heteroatoms. The minimum Gasteiger partial charge on any atom is -0.165 e. The summed E-state index contributed by atoms with van der Waals surface area (Å²) in [6.07, 6.45) is -4.88. The van der Waals surface area contributed by atoms with Crippen LogP contribution in [0.2, 0.25) is 0 Å². The van der Waals surface area contributed by atoms with Gasteiger partial charge in [0.1, 0.15) is 5.03 Å². The van der Waals surface area contributed by atoms with Gasteiger partial charge in [0, 0.05) is 0 Å². The molecule has 0 rings (SSSR count). The lowest BCUT2D eigenvalue weighted by Gasteiger charge is -2.42. The first kappa shape index (κ1) is 22.4. The average Bonchev–Trinajstić information content (AvgIpc) is 2.12. The van der Waals surface area contributed by atoms with E-state index in [-0.39, 0.29) is 6.08 Å². The smallest absolute Gasteiger partial charge is 0.165 e. The molecule has 120 valence electrons. The van der Waals surface area contributed by atoms with Crippen LogP contribution in [0, 0.1) is 0 Å². The summed E-state index contributed by atoms with van der Waals surface area (Å²) in [6, 6.07) is 0. The zero-order valence-corrected chi connectivity index (χ0v) is 16.1.